The number of nitrogens with one attached hydrogen (secondary N) is 1. The van der Waals surface area contributed by atoms with Gasteiger partial charge in [0.25, 0.3) is 0 Å². The van der Waals surface area contributed by atoms with Crippen molar-refractivity contribution in [3.63, 3.8) is 0 Å². The van der Waals surface area contributed by atoms with Crippen LogP contribution < -0.4 is 5.32 Å². The third-order valence-electron chi connectivity index (χ3n) is 2.79. The molecule has 0 aromatic carbocycles. The van der Waals surface area contributed by atoms with E-state index < -0.39 is 0 Å². The molecule has 0 spiro atoms. The summed E-state index contributed by atoms with van der Waals surface area (Å²) in [5.74, 6) is 0.848. The molecule has 1 saturated carbocycles. The predicted molar refractivity (Wildman–Crippen MR) is 69.2 cm³/mol. The number of aromatic nitrogens is 1. The van der Waals surface area contributed by atoms with Gasteiger partial charge in [-0.3, -0.25) is 0 Å². The van der Waals surface area contributed by atoms with Crippen LogP contribution in [0.4, 0.5) is 0 Å². The van der Waals surface area contributed by atoms with Crippen LogP contribution in [0.2, 0.25) is 0 Å². The fourth-order valence-electron chi connectivity index (χ4n) is 1.67. The Balaban J connectivity index is 1.41. The summed E-state index contributed by atoms with van der Waals surface area (Å²) in [6.07, 6.45) is 4.28. The van der Waals surface area contributed by atoms with Crippen LogP contribution in [-0.2, 0) is 24.5 Å². The Morgan fingerprint density at radius 1 is 1.44 bits per heavy atom. The summed E-state index contributed by atoms with van der Waals surface area (Å²) in [6.45, 7) is 1.92. The summed E-state index contributed by atoms with van der Waals surface area (Å²) in [4.78, 5) is 4.53. The minimum absolute atomic E-state index is 0.500. The van der Waals surface area contributed by atoms with Gasteiger partial charge in [0.2, 0.25) is 0 Å². The van der Waals surface area contributed by atoms with Crippen LogP contribution in [0.5, 0.6) is 0 Å². The highest BCUT2D eigenvalue weighted by molar-refractivity contribution is 7.09. The fraction of sp³-hybridized carbons (Fsp3) is 0.462. The predicted octanol–water partition coefficient (Wildman–Crippen LogP) is 2.70. The van der Waals surface area contributed by atoms with Crippen LogP contribution in [0.15, 0.2) is 28.2 Å². The Hall–Kier alpha value is -1.17. The fourth-order valence-corrected chi connectivity index (χ4v) is 2.40. The Morgan fingerprint density at radius 2 is 2.39 bits per heavy atom. The van der Waals surface area contributed by atoms with Crippen molar-refractivity contribution in [1.82, 2.24) is 10.3 Å². The molecule has 5 heteroatoms. The molecule has 0 bridgehead atoms. The monoisotopic (exact) mass is 264 g/mol. The molecule has 0 unspecified atom stereocenters. The zero-order valence-electron chi connectivity index (χ0n) is 10.1. The smallest absolute Gasteiger partial charge is 0.129 e. The first-order chi connectivity index (χ1) is 8.90. The number of nitrogens with zero attached hydrogens (tertiary/aromatic N) is 1. The van der Waals surface area contributed by atoms with Crippen LogP contribution in [0.25, 0.3) is 0 Å². The average Bonchev–Trinajstić information content (AvgIpc) is 2.89. The van der Waals surface area contributed by atoms with Gasteiger partial charge < -0.3 is 14.5 Å². The van der Waals surface area contributed by atoms with E-state index in [-0.39, 0.29) is 0 Å². The van der Waals surface area contributed by atoms with E-state index in [0.717, 1.165) is 29.0 Å². The van der Waals surface area contributed by atoms with E-state index in [1.165, 1.54) is 12.8 Å². The molecule has 18 heavy (non-hydrogen) atoms. The standard InChI is InChI=1S/C13H16N2O2S/c1-2-12(17-5-1)8-16-7-11-9-18-13(15-11)6-14-10-3-4-10/h1-2,5,9-10,14H,3-4,6-8H2. The summed E-state index contributed by atoms with van der Waals surface area (Å²) in [7, 11) is 0. The van der Waals surface area contributed by atoms with Crippen LogP contribution in [-0.4, -0.2) is 11.0 Å². The van der Waals surface area contributed by atoms with Crippen molar-refractivity contribution in [3.8, 4) is 0 Å². The first-order valence-corrected chi connectivity index (χ1v) is 7.05. The number of thiazole rings is 1. The molecule has 2 aromatic rings. The maximum absolute atomic E-state index is 5.55. The van der Waals surface area contributed by atoms with Gasteiger partial charge in [-0.05, 0) is 25.0 Å². The van der Waals surface area contributed by atoms with E-state index >= 15 is 0 Å². The lowest BCUT2D eigenvalue weighted by Gasteiger charge is -1.99. The molecule has 1 fully saturated rings. The minimum Gasteiger partial charge on any atom is -0.467 e. The maximum atomic E-state index is 5.55. The van der Waals surface area contributed by atoms with Crippen molar-refractivity contribution in [1.29, 1.82) is 0 Å². The van der Waals surface area contributed by atoms with E-state index in [0.29, 0.717) is 13.2 Å². The zero-order valence-corrected chi connectivity index (χ0v) is 10.9. The van der Waals surface area contributed by atoms with Crippen molar-refractivity contribution in [2.45, 2.75) is 38.6 Å². The van der Waals surface area contributed by atoms with Gasteiger partial charge in [0, 0.05) is 18.0 Å². The van der Waals surface area contributed by atoms with E-state index in [2.05, 4.69) is 15.7 Å². The summed E-state index contributed by atoms with van der Waals surface area (Å²) in [6, 6.07) is 4.50. The molecule has 0 atom stereocenters. The molecule has 4 nitrogen and oxygen atoms in total. The summed E-state index contributed by atoms with van der Waals surface area (Å²) in [5, 5.41) is 6.66. The van der Waals surface area contributed by atoms with Crippen molar-refractivity contribution in [2.75, 3.05) is 0 Å². The maximum Gasteiger partial charge on any atom is 0.129 e. The van der Waals surface area contributed by atoms with Crippen LogP contribution in [0, 0.1) is 0 Å². The Bertz CT molecular complexity index is 477. The lowest BCUT2D eigenvalue weighted by Crippen LogP contribution is -2.15. The Morgan fingerprint density at radius 3 is 3.17 bits per heavy atom. The molecule has 3 rings (SSSR count). The van der Waals surface area contributed by atoms with Gasteiger partial charge in [0.05, 0.1) is 18.6 Å². The molecular weight excluding hydrogens is 248 g/mol. The highest BCUT2D eigenvalue weighted by Gasteiger charge is 2.20. The van der Waals surface area contributed by atoms with Gasteiger partial charge in [-0.15, -0.1) is 11.3 Å². The van der Waals surface area contributed by atoms with E-state index in [1.54, 1.807) is 17.6 Å². The largest absolute Gasteiger partial charge is 0.467 e. The number of rotatable bonds is 7. The number of hydrogen-bond donors (Lipinski definition) is 1. The first kappa shape index (κ1) is 11.9. The Kier molecular flexibility index (Phi) is 3.73. The van der Waals surface area contributed by atoms with Crippen molar-refractivity contribution in [3.05, 3.63) is 40.2 Å². The SMILES string of the molecule is c1coc(COCc2csc(CNC3CC3)n2)c1. The highest BCUT2D eigenvalue weighted by Crippen LogP contribution is 2.20. The van der Waals surface area contributed by atoms with E-state index in [1.807, 2.05) is 12.1 Å². The topological polar surface area (TPSA) is 47.3 Å². The zero-order chi connectivity index (χ0) is 12.2. The van der Waals surface area contributed by atoms with Gasteiger partial charge in [-0.2, -0.15) is 0 Å². The van der Waals surface area contributed by atoms with E-state index in [9.17, 15) is 0 Å². The highest BCUT2D eigenvalue weighted by atomic mass is 32.1. The lowest BCUT2D eigenvalue weighted by atomic mass is 10.5. The summed E-state index contributed by atoms with van der Waals surface area (Å²) < 4.78 is 10.7. The van der Waals surface area contributed by atoms with Gasteiger partial charge in [0.15, 0.2) is 0 Å². The molecule has 0 saturated heterocycles. The molecule has 0 radical (unpaired) electrons. The molecule has 2 heterocycles. The second-order valence-electron chi connectivity index (χ2n) is 4.46. The molecule has 0 aliphatic heterocycles. The van der Waals surface area contributed by atoms with Crippen LogP contribution in [0.3, 0.4) is 0 Å². The van der Waals surface area contributed by atoms with E-state index in [4.69, 9.17) is 9.15 Å². The second kappa shape index (κ2) is 5.65. The summed E-state index contributed by atoms with van der Waals surface area (Å²) >= 11 is 1.69. The molecule has 1 N–H and O–H groups in total. The number of furan rings is 1. The van der Waals surface area contributed by atoms with Gasteiger partial charge in [0.1, 0.15) is 17.4 Å². The molecule has 1 aliphatic rings. The lowest BCUT2D eigenvalue weighted by molar-refractivity contribution is 0.0909. The minimum atomic E-state index is 0.500. The quantitative estimate of drug-likeness (QED) is 0.835. The average molecular weight is 264 g/mol. The molecule has 0 amide bonds. The third-order valence-corrected chi connectivity index (χ3v) is 3.69. The van der Waals surface area contributed by atoms with Crippen molar-refractivity contribution in [2.24, 2.45) is 0 Å². The van der Waals surface area contributed by atoms with Gasteiger partial charge in [-0.25, -0.2) is 4.98 Å². The number of hydrogen-bond acceptors (Lipinski definition) is 5. The molecular formula is C13H16N2O2S. The second-order valence-corrected chi connectivity index (χ2v) is 5.40. The van der Waals surface area contributed by atoms with Gasteiger partial charge >= 0.3 is 0 Å². The Labute approximate surface area is 110 Å². The van der Waals surface area contributed by atoms with Gasteiger partial charge in [-0.1, -0.05) is 0 Å². The van der Waals surface area contributed by atoms with Crippen LogP contribution in [0.1, 0.15) is 29.3 Å². The molecule has 96 valence electrons. The molecule has 1 aliphatic carbocycles. The third kappa shape index (κ3) is 3.41. The normalized spacial score (nSPS) is 15.1. The van der Waals surface area contributed by atoms with Crippen molar-refractivity contribution < 1.29 is 9.15 Å². The number of ether oxygens (including phenoxy) is 1. The van der Waals surface area contributed by atoms with Crippen molar-refractivity contribution >= 4 is 11.3 Å². The summed E-state index contributed by atoms with van der Waals surface area (Å²) in [5.41, 5.74) is 0.999. The molecule has 2 aromatic heterocycles. The van der Waals surface area contributed by atoms with Crippen LogP contribution >= 0.6 is 11.3 Å². The first-order valence-electron chi connectivity index (χ1n) is 6.17.